The Morgan fingerprint density at radius 1 is 1.00 bits per heavy atom. The van der Waals surface area contributed by atoms with Crippen LogP contribution in [0.4, 0.5) is 5.69 Å². The maximum absolute atomic E-state index is 13.0. The van der Waals surface area contributed by atoms with Crippen LogP contribution in [0.15, 0.2) is 74.6 Å². The molecule has 1 N–H and O–H groups in total. The topological polar surface area (TPSA) is 109 Å². The minimum Gasteiger partial charge on any atom is -0.492 e. The number of ether oxygens (including phenoxy) is 1. The summed E-state index contributed by atoms with van der Waals surface area (Å²) in [5.41, 5.74) is 0.744. The number of carbonyl (C=O) groups is 2. The average Bonchev–Trinajstić information content (AvgIpc) is 3.40. The Hall–Kier alpha value is -3.31. The number of carbonyl (C=O) groups excluding carboxylic acids is 2. The van der Waals surface area contributed by atoms with E-state index in [0.29, 0.717) is 48.5 Å². The molecule has 0 aliphatic carbocycles. The third kappa shape index (κ3) is 5.68. The third-order valence-electron chi connectivity index (χ3n) is 5.47. The molecule has 2 aromatic carbocycles. The molecular weight excluding hydrogens is 538 g/mol. The molecule has 2 amide bonds. The van der Waals surface area contributed by atoms with Crippen molar-refractivity contribution in [2.24, 2.45) is 0 Å². The molecule has 0 radical (unpaired) electrons. The molecule has 0 unspecified atom stereocenters. The SMILES string of the molecule is CCOc1ccc(Br)cc1S(=O)(=O)Nc1ccc(C(=O)N2CCN(C(=O)c3ccco3)CC2)cc1. The molecule has 1 aliphatic rings. The average molecular weight is 562 g/mol. The van der Waals surface area contributed by atoms with E-state index in [-0.39, 0.29) is 28.2 Å². The summed E-state index contributed by atoms with van der Waals surface area (Å²) in [4.78, 5) is 28.6. The van der Waals surface area contributed by atoms with E-state index in [1.165, 1.54) is 12.3 Å². The third-order valence-corrected chi connectivity index (χ3v) is 7.36. The first kappa shape index (κ1) is 24.8. The molecule has 0 saturated carbocycles. The van der Waals surface area contributed by atoms with Crippen molar-refractivity contribution in [2.45, 2.75) is 11.8 Å². The lowest BCUT2D eigenvalue weighted by atomic mass is 10.1. The van der Waals surface area contributed by atoms with Crippen LogP contribution in [0, 0.1) is 0 Å². The van der Waals surface area contributed by atoms with Gasteiger partial charge in [-0.3, -0.25) is 14.3 Å². The molecule has 9 nitrogen and oxygen atoms in total. The highest BCUT2D eigenvalue weighted by molar-refractivity contribution is 9.10. The fraction of sp³-hybridized carbons (Fsp3) is 0.250. The van der Waals surface area contributed by atoms with Crippen molar-refractivity contribution in [3.8, 4) is 5.75 Å². The van der Waals surface area contributed by atoms with Crippen LogP contribution in [0.3, 0.4) is 0 Å². The zero-order valence-electron chi connectivity index (χ0n) is 18.9. The molecule has 4 rings (SSSR count). The number of rotatable bonds is 7. The standard InChI is InChI=1S/C24H24BrN3O6S/c1-2-33-20-10-7-18(25)16-22(20)35(31,32)26-19-8-5-17(6-9-19)23(29)27-11-13-28(14-12-27)24(30)21-4-3-15-34-21/h3-10,15-16,26H,2,11-14H2,1H3. The minimum absolute atomic E-state index is 0.0100. The Morgan fingerprint density at radius 2 is 1.66 bits per heavy atom. The molecule has 1 fully saturated rings. The lowest BCUT2D eigenvalue weighted by molar-refractivity contribution is 0.0518. The van der Waals surface area contributed by atoms with E-state index in [0.717, 1.165) is 0 Å². The fourth-order valence-electron chi connectivity index (χ4n) is 3.71. The first-order valence-electron chi connectivity index (χ1n) is 11.0. The van der Waals surface area contributed by atoms with Gasteiger partial charge in [-0.05, 0) is 61.5 Å². The number of piperazine rings is 1. The van der Waals surface area contributed by atoms with Crippen molar-refractivity contribution >= 4 is 43.5 Å². The molecular formula is C24H24BrN3O6S. The second-order valence-electron chi connectivity index (χ2n) is 7.77. The van der Waals surface area contributed by atoms with Crippen LogP contribution in [0.25, 0.3) is 0 Å². The Bertz CT molecular complexity index is 1300. The summed E-state index contributed by atoms with van der Waals surface area (Å²) < 4.78 is 39.7. The van der Waals surface area contributed by atoms with Crippen molar-refractivity contribution in [3.05, 3.63) is 76.7 Å². The molecule has 1 aliphatic heterocycles. The normalized spacial score (nSPS) is 14.0. The number of anilines is 1. The van der Waals surface area contributed by atoms with Gasteiger partial charge in [0.15, 0.2) is 5.76 Å². The van der Waals surface area contributed by atoms with Gasteiger partial charge in [0.1, 0.15) is 10.6 Å². The number of halogens is 1. The van der Waals surface area contributed by atoms with E-state index in [1.54, 1.807) is 65.3 Å². The lowest BCUT2D eigenvalue weighted by Gasteiger charge is -2.34. The molecule has 184 valence electrons. The highest BCUT2D eigenvalue weighted by Gasteiger charge is 2.27. The number of hydrogen-bond donors (Lipinski definition) is 1. The van der Waals surface area contributed by atoms with Crippen molar-refractivity contribution in [1.29, 1.82) is 0 Å². The van der Waals surface area contributed by atoms with Crippen molar-refractivity contribution in [3.63, 3.8) is 0 Å². The van der Waals surface area contributed by atoms with Gasteiger partial charge >= 0.3 is 0 Å². The van der Waals surface area contributed by atoms with Crippen LogP contribution in [0.2, 0.25) is 0 Å². The van der Waals surface area contributed by atoms with Crippen LogP contribution in [0.1, 0.15) is 27.8 Å². The summed E-state index contributed by atoms with van der Waals surface area (Å²) in [5.74, 6) is 0.144. The predicted molar refractivity (Wildman–Crippen MR) is 133 cm³/mol. The molecule has 0 bridgehead atoms. The summed E-state index contributed by atoms with van der Waals surface area (Å²) in [7, 11) is -3.92. The highest BCUT2D eigenvalue weighted by atomic mass is 79.9. The monoisotopic (exact) mass is 561 g/mol. The second-order valence-corrected chi connectivity index (χ2v) is 10.3. The summed E-state index contributed by atoms with van der Waals surface area (Å²) in [6.07, 6.45) is 1.45. The maximum Gasteiger partial charge on any atom is 0.289 e. The molecule has 3 aromatic rings. The molecule has 0 spiro atoms. The van der Waals surface area contributed by atoms with Crippen LogP contribution in [0.5, 0.6) is 5.75 Å². The lowest BCUT2D eigenvalue weighted by Crippen LogP contribution is -2.50. The van der Waals surface area contributed by atoms with E-state index in [2.05, 4.69) is 20.7 Å². The number of nitrogens with one attached hydrogen (secondary N) is 1. The van der Waals surface area contributed by atoms with Crippen LogP contribution < -0.4 is 9.46 Å². The summed E-state index contributed by atoms with van der Waals surface area (Å²) in [6.45, 7) is 3.69. The van der Waals surface area contributed by atoms with E-state index < -0.39 is 10.0 Å². The van der Waals surface area contributed by atoms with Crippen LogP contribution in [-0.2, 0) is 10.0 Å². The Morgan fingerprint density at radius 3 is 2.26 bits per heavy atom. The Kier molecular flexibility index (Phi) is 7.46. The van der Waals surface area contributed by atoms with Crippen molar-refractivity contribution in [2.75, 3.05) is 37.5 Å². The molecule has 1 saturated heterocycles. The van der Waals surface area contributed by atoms with E-state index in [1.807, 2.05) is 0 Å². The zero-order valence-corrected chi connectivity index (χ0v) is 21.3. The van der Waals surface area contributed by atoms with E-state index in [4.69, 9.17) is 9.15 Å². The molecule has 1 aromatic heterocycles. The molecule has 35 heavy (non-hydrogen) atoms. The quantitative estimate of drug-likeness (QED) is 0.469. The summed E-state index contributed by atoms with van der Waals surface area (Å²) >= 11 is 3.29. The van der Waals surface area contributed by atoms with Crippen LogP contribution >= 0.6 is 15.9 Å². The molecule has 2 heterocycles. The number of amides is 2. The second kappa shape index (κ2) is 10.5. The zero-order chi connectivity index (χ0) is 25.0. The minimum atomic E-state index is -3.92. The number of furan rings is 1. The molecule has 11 heteroatoms. The van der Waals surface area contributed by atoms with Gasteiger partial charge < -0.3 is 19.0 Å². The number of sulfonamides is 1. The van der Waals surface area contributed by atoms with Crippen molar-refractivity contribution < 1.29 is 27.2 Å². The smallest absolute Gasteiger partial charge is 0.289 e. The summed E-state index contributed by atoms with van der Waals surface area (Å²) in [5, 5.41) is 0. The Labute approximate surface area is 211 Å². The highest BCUT2D eigenvalue weighted by Crippen LogP contribution is 2.29. The fourth-order valence-corrected chi connectivity index (χ4v) is 5.45. The largest absolute Gasteiger partial charge is 0.492 e. The summed E-state index contributed by atoms with van der Waals surface area (Å²) in [6, 6.07) is 14.3. The first-order chi connectivity index (χ1) is 16.8. The van der Waals surface area contributed by atoms with Gasteiger partial charge in [-0.15, -0.1) is 0 Å². The number of hydrogen-bond acceptors (Lipinski definition) is 6. The van der Waals surface area contributed by atoms with Gasteiger partial charge in [0, 0.05) is 41.9 Å². The van der Waals surface area contributed by atoms with Crippen LogP contribution in [-0.4, -0.2) is 62.8 Å². The maximum atomic E-state index is 13.0. The van der Waals surface area contributed by atoms with E-state index >= 15 is 0 Å². The van der Waals surface area contributed by atoms with Gasteiger partial charge in [0.05, 0.1) is 12.9 Å². The van der Waals surface area contributed by atoms with Gasteiger partial charge in [0.2, 0.25) is 0 Å². The molecule has 0 atom stereocenters. The van der Waals surface area contributed by atoms with Crippen molar-refractivity contribution in [1.82, 2.24) is 9.80 Å². The Balaban J connectivity index is 1.40. The van der Waals surface area contributed by atoms with E-state index in [9.17, 15) is 18.0 Å². The predicted octanol–water partition coefficient (Wildman–Crippen LogP) is 3.84. The van der Waals surface area contributed by atoms with Gasteiger partial charge in [-0.1, -0.05) is 15.9 Å². The van der Waals surface area contributed by atoms with Gasteiger partial charge in [0.25, 0.3) is 21.8 Å². The van der Waals surface area contributed by atoms with Gasteiger partial charge in [-0.2, -0.15) is 0 Å². The number of benzene rings is 2. The first-order valence-corrected chi connectivity index (χ1v) is 13.2. The number of nitrogens with zero attached hydrogens (tertiary/aromatic N) is 2. The van der Waals surface area contributed by atoms with Gasteiger partial charge in [-0.25, -0.2) is 8.42 Å².